The van der Waals surface area contributed by atoms with Gasteiger partial charge in [-0.1, -0.05) is 31.8 Å². The van der Waals surface area contributed by atoms with Crippen LogP contribution in [0.4, 0.5) is 21.5 Å². The Morgan fingerprint density at radius 1 is 1.00 bits per heavy atom. The van der Waals surface area contributed by atoms with E-state index in [2.05, 4.69) is 50.8 Å². The summed E-state index contributed by atoms with van der Waals surface area (Å²) in [5.41, 5.74) is 2.49. The highest BCUT2D eigenvalue weighted by molar-refractivity contribution is 8.02. The molecule has 0 aliphatic carbocycles. The highest BCUT2D eigenvalue weighted by Gasteiger charge is 2.36. The monoisotopic (exact) mass is 434 g/mol. The molecule has 1 aliphatic rings. The summed E-state index contributed by atoms with van der Waals surface area (Å²) in [5.74, 6) is 0.159. The smallest absolute Gasteiger partial charge is 0.189 e. The molecular formula is C22H31FN2O2SSi. The standard InChI is InChI=1S/C22H31FN2O2SSi/c1-22(2,3)25-21-10-8-7-9-20(21)24(28-25)19-12-11-17(15-18(19)23)27-16-26-13-14-29(4,5)6/h7-12,15H,13-14,16H2,1-6H3. The minimum Gasteiger partial charge on any atom is -0.467 e. The fourth-order valence-electron chi connectivity index (χ4n) is 2.92. The van der Waals surface area contributed by atoms with E-state index in [1.54, 1.807) is 12.1 Å². The van der Waals surface area contributed by atoms with Gasteiger partial charge >= 0.3 is 0 Å². The van der Waals surface area contributed by atoms with Gasteiger partial charge in [-0.15, -0.1) is 0 Å². The minimum absolute atomic E-state index is 0.0949. The van der Waals surface area contributed by atoms with E-state index in [4.69, 9.17) is 9.47 Å². The van der Waals surface area contributed by atoms with E-state index in [9.17, 15) is 4.39 Å². The van der Waals surface area contributed by atoms with Gasteiger partial charge in [-0.05, 0) is 51.1 Å². The van der Waals surface area contributed by atoms with Crippen LogP contribution in [0.2, 0.25) is 25.7 Å². The number of para-hydroxylation sites is 2. The van der Waals surface area contributed by atoms with Crippen molar-refractivity contribution in [2.75, 3.05) is 22.0 Å². The average Bonchev–Trinajstić information content (AvgIpc) is 3.00. The van der Waals surface area contributed by atoms with Crippen molar-refractivity contribution >= 4 is 37.3 Å². The number of hydrogen-bond donors (Lipinski definition) is 0. The van der Waals surface area contributed by atoms with Crippen LogP contribution in [0.25, 0.3) is 0 Å². The summed E-state index contributed by atoms with van der Waals surface area (Å²) in [7, 11) is -1.12. The van der Waals surface area contributed by atoms with Gasteiger partial charge in [0.1, 0.15) is 5.75 Å². The van der Waals surface area contributed by atoms with Gasteiger partial charge in [0.2, 0.25) is 0 Å². The van der Waals surface area contributed by atoms with E-state index in [1.807, 2.05) is 22.5 Å². The van der Waals surface area contributed by atoms with Crippen molar-refractivity contribution in [3.8, 4) is 5.75 Å². The molecular weight excluding hydrogens is 403 g/mol. The molecule has 7 heteroatoms. The van der Waals surface area contributed by atoms with Crippen molar-refractivity contribution in [2.45, 2.75) is 52.0 Å². The van der Waals surface area contributed by atoms with Crippen LogP contribution in [0.15, 0.2) is 42.5 Å². The predicted molar refractivity (Wildman–Crippen MR) is 124 cm³/mol. The molecule has 0 aromatic heterocycles. The molecule has 2 aromatic carbocycles. The molecule has 0 bridgehead atoms. The number of fused-ring (bicyclic) bond motifs is 1. The Morgan fingerprint density at radius 2 is 1.69 bits per heavy atom. The van der Waals surface area contributed by atoms with Crippen LogP contribution in [0.3, 0.4) is 0 Å². The van der Waals surface area contributed by atoms with Crippen molar-refractivity contribution in [3.63, 3.8) is 0 Å². The van der Waals surface area contributed by atoms with Crippen LogP contribution in [-0.4, -0.2) is 27.0 Å². The third-order valence-electron chi connectivity index (χ3n) is 4.54. The number of rotatable bonds is 7. The molecule has 0 saturated heterocycles. The Labute approximate surface area is 179 Å². The molecule has 29 heavy (non-hydrogen) atoms. The lowest BCUT2D eigenvalue weighted by atomic mass is 10.1. The second-order valence-corrected chi connectivity index (χ2v) is 15.9. The quantitative estimate of drug-likeness (QED) is 0.206. The third kappa shape index (κ3) is 5.47. The van der Waals surface area contributed by atoms with Crippen molar-refractivity contribution in [1.29, 1.82) is 0 Å². The van der Waals surface area contributed by atoms with Gasteiger partial charge in [0.05, 0.1) is 29.2 Å². The summed E-state index contributed by atoms with van der Waals surface area (Å²) in [6, 6.07) is 14.2. The average molecular weight is 435 g/mol. The zero-order valence-corrected chi connectivity index (χ0v) is 20.0. The molecule has 4 nitrogen and oxygen atoms in total. The summed E-state index contributed by atoms with van der Waals surface area (Å²) in [5, 5.41) is 0. The molecule has 3 rings (SSSR count). The Balaban J connectivity index is 1.69. The number of hydrogen-bond acceptors (Lipinski definition) is 5. The Bertz CT molecular complexity index is 851. The molecule has 2 aromatic rings. The van der Waals surface area contributed by atoms with E-state index >= 15 is 0 Å². The number of halogens is 1. The van der Waals surface area contributed by atoms with Crippen LogP contribution in [0.5, 0.6) is 5.75 Å². The first-order chi connectivity index (χ1) is 13.6. The van der Waals surface area contributed by atoms with E-state index < -0.39 is 8.07 Å². The maximum Gasteiger partial charge on any atom is 0.189 e. The maximum atomic E-state index is 15.0. The second-order valence-electron chi connectivity index (χ2n) is 9.42. The lowest BCUT2D eigenvalue weighted by Crippen LogP contribution is -2.35. The molecule has 158 valence electrons. The van der Waals surface area contributed by atoms with E-state index in [-0.39, 0.29) is 18.1 Å². The van der Waals surface area contributed by atoms with Crippen molar-refractivity contribution < 1.29 is 13.9 Å². The van der Waals surface area contributed by atoms with E-state index in [0.717, 1.165) is 17.4 Å². The van der Waals surface area contributed by atoms with Gasteiger partial charge in [0, 0.05) is 26.3 Å². The normalized spacial score (nSPS) is 14.3. The topological polar surface area (TPSA) is 24.9 Å². The molecule has 0 spiro atoms. The molecule has 0 amide bonds. The highest BCUT2D eigenvalue weighted by atomic mass is 32.2. The minimum atomic E-state index is -1.12. The molecule has 0 fully saturated rings. The van der Waals surface area contributed by atoms with Crippen molar-refractivity contribution in [3.05, 3.63) is 48.3 Å². The summed E-state index contributed by atoms with van der Waals surface area (Å²) in [6.45, 7) is 14.2. The van der Waals surface area contributed by atoms with Crippen LogP contribution in [0.1, 0.15) is 20.8 Å². The molecule has 0 atom stereocenters. The summed E-state index contributed by atoms with van der Waals surface area (Å²) < 4.78 is 30.2. The summed E-state index contributed by atoms with van der Waals surface area (Å²) in [6.07, 6.45) is 0. The van der Waals surface area contributed by atoms with Gasteiger partial charge in [0.25, 0.3) is 0 Å². The van der Waals surface area contributed by atoms with Crippen LogP contribution < -0.4 is 13.3 Å². The Morgan fingerprint density at radius 3 is 2.31 bits per heavy atom. The molecule has 1 heterocycles. The van der Waals surface area contributed by atoms with Gasteiger partial charge in [-0.25, -0.2) is 4.39 Å². The SMILES string of the molecule is CC(C)(C)N1SN(c2ccc(OCOCC[Si](C)(C)C)cc2F)c2ccccc21. The number of anilines is 3. The fraction of sp³-hybridized carbons (Fsp3) is 0.455. The first kappa shape index (κ1) is 22.0. The largest absolute Gasteiger partial charge is 0.467 e. The van der Waals surface area contributed by atoms with E-state index in [0.29, 0.717) is 18.0 Å². The number of benzene rings is 2. The zero-order valence-electron chi connectivity index (χ0n) is 18.2. The predicted octanol–water partition coefficient (Wildman–Crippen LogP) is 6.84. The first-order valence-electron chi connectivity index (χ1n) is 9.94. The molecule has 0 N–H and O–H groups in total. The van der Waals surface area contributed by atoms with Gasteiger partial charge in [0.15, 0.2) is 12.6 Å². The zero-order chi connectivity index (χ0) is 21.2. The molecule has 0 saturated carbocycles. The Kier molecular flexibility index (Phi) is 6.50. The lowest BCUT2D eigenvalue weighted by Gasteiger charge is -2.32. The molecule has 0 radical (unpaired) electrons. The molecule has 1 aliphatic heterocycles. The van der Waals surface area contributed by atoms with Crippen molar-refractivity contribution in [2.24, 2.45) is 0 Å². The van der Waals surface area contributed by atoms with Gasteiger partial charge in [-0.3, -0.25) is 8.61 Å². The fourth-order valence-corrected chi connectivity index (χ4v) is 4.81. The second kappa shape index (κ2) is 8.58. The van der Waals surface area contributed by atoms with Crippen LogP contribution >= 0.6 is 12.1 Å². The number of ether oxygens (including phenoxy) is 2. The summed E-state index contributed by atoms with van der Waals surface area (Å²) >= 11 is 1.51. The van der Waals surface area contributed by atoms with Crippen LogP contribution in [-0.2, 0) is 4.74 Å². The van der Waals surface area contributed by atoms with Gasteiger partial charge < -0.3 is 9.47 Å². The highest BCUT2D eigenvalue weighted by Crippen LogP contribution is 2.52. The third-order valence-corrected chi connectivity index (χ3v) is 7.70. The maximum absolute atomic E-state index is 15.0. The molecule has 0 unspecified atom stereocenters. The van der Waals surface area contributed by atoms with Gasteiger partial charge in [-0.2, -0.15) is 0 Å². The van der Waals surface area contributed by atoms with Crippen LogP contribution in [0, 0.1) is 5.82 Å². The van der Waals surface area contributed by atoms with Crippen molar-refractivity contribution in [1.82, 2.24) is 0 Å². The summed E-state index contributed by atoms with van der Waals surface area (Å²) in [4.78, 5) is 0. The Hall–Kier alpha value is -1.70. The first-order valence-corrected chi connectivity index (χ1v) is 14.4. The number of nitrogens with zero attached hydrogens (tertiary/aromatic N) is 2. The lowest BCUT2D eigenvalue weighted by molar-refractivity contribution is 0.0219. The van der Waals surface area contributed by atoms with E-state index in [1.165, 1.54) is 18.2 Å².